The van der Waals surface area contributed by atoms with E-state index in [1.807, 2.05) is 6.07 Å². The van der Waals surface area contributed by atoms with Crippen LogP contribution in [0.25, 0.3) is 0 Å². The molecule has 0 unspecified atom stereocenters. The van der Waals surface area contributed by atoms with Gasteiger partial charge in [0.1, 0.15) is 0 Å². The minimum atomic E-state index is -0.270. The second-order valence-corrected chi connectivity index (χ2v) is 3.87. The number of nitro groups is 1. The largest absolute Gasteiger partial charge is 0.273 e. The third-order valence-corrected chi connectivity index (χ3v) is 3.17. The summed E-state index contributed by atoms with van der Waals surface area (Å²) in [6, 6.07) is 5.40. The van der Waals surface area contributed by atoms with Crippen LogP contribution in [0.1, 0.15) is 29.4 Å². The van der Waals surface area contributed by atoms with Crippen molar-refractivity contribution < 1.29 is 4.92 Å². The molecule has 1 aromatic carbocycles. The van der Waals surface area contributed by atoms with Gasteiger partial charge in [-0.1, -0.05) is 24.3 Å². The second kappa shape index (κ2) is 2.44. The molecule has 0 aliphatic heterocycles. The van der Waals surface area contributed by atoms with Crippen molar-refractivity contribution in [3.63, 3.8) is 0 Å². The standard InChI is InChI=1S/C11H9NO2/c13-12(14)10-3-1-2-9-7-4-5-8(6-7)11(9)10/h1-5,7-8H,6H2/t7-,8-/m0/s1. The van der Waals surface area contributed by atoms with Gasteiger partial charge in [-0.3, -0.25) is 10.1 Å². The Morgan fingerprint density at radius 2 is 2.07 bits per heavy atom. The monoisotopic (exact) mass is 187 g/mol. The van der Waals surface area contributed by atoms with Gasteiger partial charge in [-0.05, 0) is 12.0 Å². The molecule has 0 amide bonds. The van der Waals surface area contributed by atoms with E-state index in [0.717, 1.165) is 17.5 Å². The van der Waals surface area contributed by atoms with Crippen LogP contribution in [0, 0.1) is 10.1 Å². The first kappa shape index (κ1) is 7.74. The molecule has 14 heavy (non-hydrogen) atoms. The minimum Gasteiger partial charge on any atom is -0.258 e. The summed E-state index contributed by atoms with van der Waals surface area (Å²) in [4.78, 5) is 10.5. The Morgan fingerprint density at radius 3 is 2.86 bits per heavy atom. The van der Waals surface area contributed by atoms with E-state index in [4.69, 9.17) is 0 Å². The molecule has 3 heteroatoms. The maximum absolute atomic E-state index is 10.8. The molecule has 70 valence electrons. The molecule has 1 aromatic rings. The van der Waals surface area contributed by atoms with E-state index in [2.05, 4.69) is 12.2 Å². The normalized spacial score (nSPS) is 26.6. The summed E-state index contributed by atoms with van der Waals surface area (Å²) in [5, 5.41) is 10.8. The third kappa shape index (κ3) is 0.816. The molecule has 3 rings (SSSR count). The Balaban J connectivity index is 2.25. The van der Waals surface area contributed by atoms with Gasteiger partial charge in [-0.15, -0.1) is 0 Å². The predicted octanol–water partition coefficient (Wildman–Crippen LogP) is 2.74. The first-order valence-electron chi connectivity index (χ1n) is 4.73. The van der Waals surface area contributed by atoms with Crippen molar-refractivity contribution in [1.82, 2.24) is 0 Å². The first-order valence-corrected chi connectivity index (χ1v) is 4.73. The summed E-state index contributed by atoms with van der Waals surface area (Å²) in [5.74, 6) is 0.714. The van der Waals surface area contributed by atoms with Gasteiger partial charge in [0, 0.05) is 23.5 Å². The zero-order valence-electron chi connectivity index (χ0n) is 7.51. The van der Waals surface area contributed by atoms with Crippen LogP contribution in [-0.4, -0.2) is 4.92 Å². The number of allylic oxidation sites excluding steroid dienone is 2. The number of benzene rings is 1. The second-order valence-electron chi connectivity index (χ2n) is 3.87. The smallest absolute Gasteiger partial charge is 0.258 e. The van der Waals surface area contributed by atoms with Gasteiger partial charge in [0.15, 0.2) is 0 Å². The van der Waals surface area contributed by atoms with Crippen LogP contribution in [0.2, 0.25) is 0 Å². The topological polar surface area (TPSA) is 43.1 Å². The Labute approximate surface area is 81.2 Å². The lowest BCUT2D eigenvalue weighted by Gasteiger charge is -2.09. The first-order chi connectivity index (χ1) is 6.77. The summed E-state index contributed by atoms with van der Waals surface area (Å²) in [5.41, 5.74) is 2.40. The third-order valence-electron chi connectivity index (χ3n) is 3.17. The van der Waals surface area contributed by atoms with Crippen molar-refractivity contribution in [2.24, 2.45) is 0 Å². The molecular weight excluding hydrogens is 178 g/mol. The highest BCUT2D eigenvalue weighted by Crippen LogP contribution is 2.51. The summed E-state index contributed by atoms with van der Waals surface area (Å²) < 4.78 is 0. The highest BCUT2D eigenvalue weighted by molar-refractivity contribution is 5.57. The number of nitrogens with zero attached hydrogens (tertiary/aromatic N) is 1. The fraction of sp³-hybridized carbons (Fsp3) is 0.273. The Bertz CT molecular complexity index is 451. The molecule has 0 N–H and O–H groups in total. The highest BCUT2D eigenvalue weighted by Gasteiger charge is 2.37. The summed E-state index contributed by atoms with van der Waals surface area (Å²) >= 11 is 0. The average molecular weight is 187 g/mol. The van der Waals surface area contributed by atoms with E-state index in [0.29, 0.717) is 11.6 Å². The minimum absolute atomic E-state index is 0.270. The molecule has 0 heterocycles. The molecule has 2 aliphatic rings. The molecule has 0 saturated carbocycles. The zero-order chi connectivity index (χ0) is 9.71. The van der Waals surface area contributed by atoms with Gasteiger partial charge < -0.3 is 0 Å². The van der Waals surface area contributed by atoms with Gasteiger partial charge >= 0.3 is 0 Å². The average Bonchev–Trinajstić information content (AvgIpc) is 2.77. The number of nitro benzene ring substituents is 1. The molecule has 0 fully saturated rings. The molecule has 2 atom stereocenters. The molecule has 3 nitrogen and oxygen atoms in total. The van der Waals surface area contributed by atoms with Crippen LogP contribution in [-0.2, 0) is 0 Å². The lowest BCUT2D eigenvalue weighted by atomic mass is 9.95. The van der Waals surface area contributed by atoms with E-state index < -0.39 is 0 Å². The van der Waals surface area contributed by atoms with E-state index in [9.17, 15) is 10.1 Å². The van der Waals surface area contributed by atoms with Crippen LogP contribution >= 0.6 is 0 Å². The Morgan fingerprint density at radius 1 is 1.29 bits per heavy atom. The zero-order valence-corrected chi connectivity index (χ0v) is 7.51. The van der Waals surface area contributed by atoms with E-state index in [1.54, 1.807) is 12.1 Å². The van der Waals surface area contributed by atoms with Crippen molar-refractivity contribution in [1.29, 1.82) is 0 Å². The van der Waals surface area contributed by atoms with Crippen molar-refractivity contribution in [3.05, 3.63) is 51.6 Å². The van der Waals surface area contributed by atoms with Gasteiger partial charge in [-0.25, -0.2) is 0 Å². The van der Waals surface area contributed by atoms with Crippen LogP contribution in [0.4, 0.5) is 5.69 Å². The van der Waals surface area contributed by atoms with Crippen LogP contribution in [0.3, 0.4) is 0 Å². The number of hydrogen-bond acceptors (Lipinski definition) is 2. The number of rotatable bonds is 1. The van der Waals surface area contributed by atoms with Crippen molar-refractivity contribution in [2.45, 2.75) is 18.3 Å². The number of fused-ring (bicyclic) bond motifs is 5. The maximum atomic E-state index is 10.8. The molecule has 2 bridgehead atoms. The summed E-state index contributed by atoms with van der Waals surface area (Å²) in [7, 11) is 0. The van der Waals surface area contributed by atoms with Gasteiger partial charge in [0.25, 0.3) is 5.69 Å². The molecule has 0 aromatic heterocycles. The molecule has 0 radical (unpaired) electrons. The number of hydrogen-bond donors (Lipinski definition) is 0. The quantitative estimate of drug-likeness (QED) is 0.385. The van der Waals surface area contributed by atoms with Gasteiger partial charge in [0.2, 0.25) is 0 Å². The van der Waals surface area contributed by atoms with E-state index in [-0.39, 0.29) is 10.8 Å². The Kier molecular flexibility index (Phi) is 1.35. The van der Waals surface area contributed by atoms with Crippen molar-refractivity contribution in [3.8, 4) is 0 Å². The van der Waals surface area contributed by atoms with Crippen LogP contribution in [0.5, 0.6) is 0 Å². The molecule has 2 aliphatic carbocycles. The Hall–Kier alpha value is -1.64. The van der Waals surface area contributed by atoms with Gasteiger partial charge in [0.05, 0.1) is 4.92 Å². The summed E-state index contributed by atoms with van der Waals surface area (Å²) in [6.45, 7) is 0. The highest BCUT2D eigenvalue weighted by atomic mass is 16.6. The van der Waals surface area contributed by atoms with Gasteiger partial charge in [-0.2, -0.15) is 0 Å². The van der Waals surface area contributed by atoms with E-state index >= 15 is 0 Å². The molecule has 0 spiro atoms. The van der Waals surface area contributed by atoms with E-state index in [1.165, 1.54) is 0 Å². The molecular formula is C11H9NO2. The fourth-order valence-corrected chi connectivity index (χ4v) is 2.60. The predicted molar refractivity (Wildman–Crippen MR) is 52.3 cm³/mol. The maximum Gasteiger partial charge on any atom is 0.273 e. The van der Waals surface area contributed by atoms with Crippen LogP contribution < -0.4 is 0 Å². The fourth-order valence-electron chi connectivity index (χ4n) is 2.60. The van der Waals surface area contributed by atoms with Crippen molar-refractivity contribution >= 4 is 5.69 Å². The van der Waals surface area contributed by atoms with Crippen LogP contribution in [0.15, 0.2) is 30.4 Å². The lowest BCUT2D eigenvalue weighted by Crippen LogP contribution is -1.99. The molecule has 0 saturated heterocycles. The van der Waals surface area contributed by atoms with Crippen molar-refractivity contribution in [2.75, 3.05) is 0 Å². The summed E-state index contributed by atoms with van der Waals surface area (Å²) in [6.07, 6.45) is 5.29. The SMILES string of the molecule is O=[N+]([O-])c1cccc2c1[C@H]1C=C[C@H]2C1. The lowest BCUT2D eigenvalue weighted by molar-refractivity contribution is -0.385.